The molecule has 1 N–H and O–H groups in total. The first-order valence-corrected chi connectivity index (χ1v) is 6.95. The van der Waals surface area contributed by atoms with Gasteiger partial charge in [-0.05, 0) is 19.7 Å². The molecule has 0 amide bonds. The van der Waals surface area contributed by atoms with Gasteiger partial charge in [-0.25, -0.2) is 4.90 Å². The molecular formula is C10H21N3O2S. The summed E-state index contributed by atoms with van der Waals surface area (Å²) in [6.07, 6.45) is 3.47. The zero-order chi connectivity index (χ0) is 11.5. The van der Waals surface area contributed by atoms with Gasteiger partial charge in [0.1, 0.15) is 5.50 Å². The van der Waals surface area contributed by atoms with Crippen LogP contribution in [0.4, 0.5) is 0 Å². The van der Waals surface area contributed by atoms with Gasteiger partial charge in [-0.15, -0.1) is 11.8 Å². The maximum Gasteiger partial charge on any atom is 0.219 e. The van der Waals surface area contributed by atoms with Crippen molar-refractivity contribution in [2.45, 2.75) is 24.5 Å². The third-order valence-electron chi connectivity index (χ3n) is 3.25. The summed E-state index contributed by atoms with van der Waals surface area (Å²) in [7, 11) is 3.86. The minimum Gasteiger partial charge on any atom is -0.343 e. The number of hydrogen-bond donors (Lipinski definition) is 1. The summed E-state index contributed by atoms with van der Waals surface area (Å²) in [5.74, 6) is 0. The molecule has 2 aliphatic heterocycles. The predicted octanol–water partition coefficient (Wildman–Crippen LogP) is 0.146. The summed E-state index contributed by atoms with van der Waals surface area (Å²) in [5.41, 5.74) is 0.386. The number of nitrogens with zero attached hydrogens (tertiary/aromatic N) is 2. The number of nitrogens with one attached hydrogen (secondary N) is 1. The molecule has 3 unspecified atom stereocenters. The van der Waals surface area contributed by atoms with Crippen molar-refractivity contribution >= 4 is 11.8 Å². The highest BCUT2D eigenvalue weighted by molar-refractivity contribution is 7.99. The van der Waals surface area contributed by atoms with Crippen LogP contribution < -0.4 is 5.32 Å². The van der Waals surface area contributed by atoms with E-state index in [9.17, 15) is 0 Å². The van der Waals surface area contributed by atoms with Crippen LogP contribution in [0.5, 0.6) is 0 Å². The zero-order valence-corrected chi connectivity index (χ0v) is 11.0. The average molecular weight is 247 g/mol. The van der Waals surface area contributed by atoms with Crippen molar-refractivity contribution in [1.82, 2.24) is 15.1 Å². The molecule has 2 rings (SSSR count). The van der Waals surface area contributed by atoms with Gasteiger partial charge in [0.15, 0.2) is 0 Å². The zero-order valence-electron chi connectivity index (χ0n) is 10.2. The standard InChI is InChI=1S/C10H21N3O2S/c1-12-8(4-5-11-9(12)16-3)13-6-7-15-10(13)14-2/h8-11H,4-7H2,1-3H3. The SMILES string of the molecule is COC1OCCN1C1CCNC(SC)N1C. The van der Waals surface area contributed by atoms with E-state index in [-0.39, 0.29) is 6.41 Å². The molecule has 6 heteroatoms. The maximum absolute atomic E-state index is 5.53. The van der Waals surface area contributed by atoms with Crippen LogP contribution in [0.2, 0.25) is 0 Å². The number of rotatable bonds is 3. The lowest BCUT2D eigenvalue weighted by atomic mass is 10.2. The van der Waals surface area contributed by atoms with Gasteiger partial charge in [-0.2, -0.15) is 0 Å². The first-order valence-electron chi connectivity index (χ1n) is 5.66. The van der Waals surface area contributed by atoms with Gasteiger partial charge in [0.25, 0.3) is 0 Å². The topological polar surface area (TPSA) is 37.0 Å². The third kappa shape index (κ3) is 2.37. The largest absolute Gasteiger partial charge is 0.343 e. The minimum absolute atomic E-state index is 0.173. The van der Waals surface area contributed by atoms with E-state index in [1.807, 2.05) is 11.8 Å². The Balaban J connectivity index is 2.01. The molecule has 0 radical (unpaired) electrons. The predicted molar refractivity (Wildman–Crippen MR) is 64.9 cm³/mol. The van der Waals surface area contributed by atoms with Gasteiger partial charge in [0.05, 0.1) is 12.8 Å². The van der Waals surface area contributed by atoms with Gasteiger partial charge < -0.3 is 9.47 Å². The molecule has 16 heavy (non-hydrogen) atoms. The van der Waals surface area contributed by atoms with E-state index in [1.54, 1.807) is 7.11 Å². The van der Waals surface area contributed by atoms with Crippen molar-refractivity contribution in [3.63, 3.8) is 0 Å². The summed E-state index contributed by atoms with van der Waals surface area (Å²) in [6, 6.07) is 0. The Kier molecular flexibility index (Phi) is 4.46. The van der Waals surface area contributed by atoms with E-state index in [4.69, 9.17) is 9.47 Å². The van der Waals surface area contributed by atoms with Gasteiger partial charge >= 0.3 is 0 Å². The van der Waals surface area contributed by atoms with Crippen LogP contribution in [0, 0.1) is 0 Å². The monoisotopic (exact) mass is 247 g/mol. The van der Waals surface area contributed by atoms with Crippen LogP contribution in [0.25, 0.3) is 0 Å². The van der Waals surface area contributed by atoms with Crippen LogP contribution in [-0.2, 0) is 9.47 Å². The molecule has 2 heterocycles. The Morgan fingerprint density at radius 2 is 2.31 bits per heavy atom. The van der Waals surface area contributed by atoms with E-state index in [0.717, 1.165) is 26.1 Å². The second-order valence-corrected chi connectivity index (χ2v) is 5.05. The molecule has 0 aromatic rings. The molecule has 0 spiro atoms. The molecular weight excluding hydrogens is 226 g/mol. The molecule has 0 bridgehead atoms. The van der Waals surface area contributed by atoms with Crippen molar-refractivity contribution in [2.24, 2.45) is 0 Å². The fourth-order valence-electron chi connectivity index (χ4n) is 2.44. The summed E-state index contributed by atoms with van der Waals surface area (Å²) < 4.78 is 10.9. The second-order valence-electron chi connectivity index (χ2n) is 4.13. The highest BCUT2D eigenvalue weighted by Gasteiger charge is 2.37. The first-order chi connectivity index (χ1) is 7.77. The van der Waals surface area contributed by atoms with Crippen molar-refractivity contribution in [3.05, 3.63) is 0 Å². The van der Waals surface area contributed by atoms with Crippen molar-refractivity contribution in [3.8, 4) is 0 Å². The summed E-state index contributed by atoms with van der Waals surface area (Å²) >= 11 is 1.83. The summed E-state index contributed by atoms with van der Waals surface area (Å²) in [5, 5.41) is 3.49. The summed E-state index contributed by atoms with van der Waals surface area (Å²) in [4.78, 5) is 4.65. The van der Waals surface area contributed by atoms with Crippen LogP contribution in [0.15, 0.2) is 0 Å². The second kappa shape index (κ2) is 5.66. The molecule has 2 fully saturated rings. The highest BCUT2D eigenvalue weighted by atomic mass is 32.2. The molecule has 2 saturated heterocycles. The Morgan fingerprint density at radius 1 is 1.50 bits per heavy atom. The maximum atomic E-state index is 5.53. The van der Waals surface area contributed by atoms with Gasteiger partial charge in [-0.1, -0.05) is 0 Å². The Bertz CT molecular complexity index is 232. The van der Waals surface area contributed by atoms with E-state index < -0.39 is 0 Å². The van der Waals surface area contributed by atoms with E-state index >= 15 is 0 Å². The van der Waals surface area contributed by atoms with Crippen LogP contribution in [-0.4, -0.2) is 68.0 Å². The van der Waals surface area contributed by atoms with Crippen molar-refractivity contribution < 1.29 is 9.47 Å². The normalized spacial score (nSPS) is 38.1. The lowest BCUT2D eigenvalue weighted by Crippen LogP contribution is -2.60. The van der Waals surface area contributed by atoms with Crippen molar-refractivity contribution in [2.75, 3.05) is 40.1 Å². The van der Waals surface area contributed by atoms with E-state index in [1.165, 1.54) is 0 Å². The Labute approximate surface area is 101 Å². The molecule has 0 aliphatic carbocycles. The highest BCUT2D eigenvalue weighted by Crippen LogP contribution is 2.24. The fourth-order valence-corrected chi connectivity index (χ4v) is 3.20. The van der Waals surface area contributed by atoms with E-state index in [0.29, 0.717) is 11.7 Å². The molecule has 5 nitrogen and oxygen atoms in total. The molecule has 3 atom stereocenters. The third-order valence-corrected chi connectivity index (χ3v) is 4.20. The molecule has 0 aromatic heterocycles. The number of ether oxygens (including phenoxy) is 2. The molecule has 0 saturated carbocycles. The first kappa shape index (κ1) is 12.6. The number of hydrogen-bond acceptors (Lipinski definition) is 6. The van der Waals surface area contributed by atoms with Crippen molar-refractivity contribution in [1.29, 1.82) is 0 Å². The smallest absolute Gasteiger partial charge is 0.219 e. The number of thioether (sulfide) groups is 1. The van der Waals surface area contributed by atoms with E-state index in [2.05, 4.69) is 28.4 Å². The number of methoxy groups -OCH3 is 1. The minimum atomic E-state index is -0.173. The van der Waals surface area contributed by atoms with Gasteiger partial charge in [-0.3, -0.25) is 10.2 Å². The molecule has 2 aliphatic rings. The van der Waals surface area contributed by atoms with Gasteiger partial charge in [0, 0.05) is 20.2 Å². The fraction of sp³-hybridized carbons (Fsp3) is 1.00. The Hall–Kier alpha value is 0.150. The quantitative estimate of drug-likeness (QED) is 0.765. The van der Waals surface area contributed by atoms with Gasteiger partial charge in [0.2, 0.25) is 6.41 Å². The molecule has 94 valence electrons. The summed E-state index contributed by atoms with van der Waals surface area (Å²) in [6.45, 7) is 2.77. The molecule has 0 aromatic carbocycles. The Morgan fingerprint density at radius 3 is 3.00 bits per heavy atom. The van der Waals surface area contributed by atoms with Crippen LogP contribution >= 0.6 is 11.8 Å². The van der Waals surface area contributed by atoms with Crippen LogP contribution in [0.3, 0.4) is 0 Å². The lowest BCUT2D eigenvalue weighted by molar-refractivity contribution is -0.187. The van der Waals surface area contributed by atoms with Crippen LogP contribution in [0.1, 0.15) is 6.42 Å². The lowest BCUT2D eigenvalue weighted by Gasteiger charge is -2.44. The average Bonchev–Trinajstić information content (AvgIpc) is 2.77.